The van der Waals surface area contributed by atoms with Crippen LogP contribution in [-0.2, 0) is 4.74 Å². The van der Waals surface area contributed by atoms with Crippen molar-refractivity contribution in [2.24, 2.45) is 0 Å². The maximum atomic E-state index is 12.4. The van der Waals surface area contributed by atoms with Crippen LogP contribution >= 0.6 is 0 Å². The molecule has 1 amide bonds. The predicted octanol–water partition coefficient (Wildman–Crippen LogP) is 1.54. The van der Waals surface area contributed by atoms with Crippen LogP contribution in [-0.4, -0.2) is 74.3 Å². The Hall–Kier alpha value is -2.71. The van der Waals surface area contributed by atoms with Gasteiger partial charge in [-0.05, 0) is 37.4 Å². The Morgan fingerprint density at radius 1 is 1.15 bits per heavy atom. The SMILES string of the molecule is COCCNc1nccc(C(=O)Nc2ccc(N3CCN(C)CC3)cc2)n1. The summed E-state index contributed by atoms with van der Waals surface area (Å²) in [5.74, 6) is 0.143. The largest absolute Gasteiger partial charge is 0.383 e. The first-order valence-corrected chi connectivity index (χ1v) is 9.06. The second kappa shape index (κ2) is 9.29. The molecule has 1 aromatic heterocycles. The number of hydrogen-bond donors (Lipinski definition) is 2. The van der Waals surface area contributed by atoms with Crippen LogP contribution in [0.4, 0.5) is 17.3 Å². The van der Waals surface area contributed by atoms with Crippen molar-refractivity contribution in [3.8, 4) is 0 Å². The lowest BCUT2D eigenvalue weighted by Gasteiger charge is -2.34. The molecule has 2 aromatic rings. The van der Waals surface area contributed by atoms with E-state index in [9.17, 15) is 4.79 Å². The number of likely N-dealkylation sites (N-methyl/N-ethyl adjacent to an activating group) is 1. The van der Waals surface area contributed by atoms with Gasteiger partial charge in [0.15, 0.2) is 0 Å². The van der Waals surface area contributed by atoms with Crippen molar-refractivity contribution in [2.75, 3.05) is 69.0 Å². The number of ether oxygens (including phenoxy) is 1. The third-order valence-corrected chi connectivity index (χ3v) is 4.47. The number of anilines is 3. The zero-order valence-corrected chi connectivity index (χ0v) is 15.8. The number of amides is 1. The van der Waals surface area contributed by atoms with Crippen LogP contribution in [0.5, 0.6) is 0 Å². The molecule has 144 valence electrons. The average Bonchev–Trinajstić information content (AvgIpc) is 2.70. The second-order valence-corrected chi connectivity index (χ2v) is 6.48. The highest BCUT2D eigenvalue weighted by Gasteiger charge is 2.14. The monoisotopic (exact) mass is 370 g/mol. The molecule has 2 heterocycles. The van der Waals surface area contributed by atoms with Gasteiger partial charge >= 0.3 is 0 Å². The molecule has 0 saturated carbocycles. The van der Waals surface area contributed by atoms with Gasteiger partial charge in [0.05, 0.1) is 6.61 Å². The lowest BCUT2D eigenvalue weighted by atomic mass is 10.2. The summed E-state index contributed by atoms with van der Waals surface area (Å²) < 4.78 is 4.98. The van der Waals surface area contributed by atoms with E-state index < -0.39 is 0 Å². The number of methoxy groups -OCH3 is 1. The zero-order valence-electron chi connectivity index (χ0n) is 15.8. The molecular formula is C19H26N6O2. The molecule has 0 spiro atoms. The molecule has 0 aliphatic carbocycles. The number of nitrogens with one attached hydrogen (secondary N) is 2. The Morgan fingerprint density at radius 3 is 2.59 bits per heavy atom. The standard InChI is InChI=1S/C19H26N6O2/c1-24-10-12-25(13-11-24)16-5-3-15(4-6-16)22-18(26)17-7-8-20-19(23-17)21-9-14-27-2/h3-8H,9-14H2,1-2H3,(H,22,26)(H,20,21,23). The molecule has 0 bridgehead atoms. The summed E-state index contributed by atoms with van der Waals surface area (Å²) in [6.07, 6.45) is 1.56. The van der Waals surface area contributed by atoms with E-state index in [1.165, 1.54) is 5.69 Å². The number of aromatic nitrogens is 2. The molecule has 8 nitrogen and oxygen atoms in total. The van der Waals surface area contributed by atoms with Crippen LogP contribution in [0.3, 0.4) is 0 Å². The Morgan fingerprint density at radius 2 is 1.89 bits per heavy atom. The number of carbonyl (C=O) groups is 1. The van der Waals surface area contributed by atoms with Gasteiger partial charge in [-0.2, -0.15) is 0 Å². The van der Waals surface area contributed by atoms with Crippen molar-refractivity contribution in [1.82, 2.24) is 14.9 Å². The van der Waals surface area contributed by atoms with Crippen LogP contribution in [0.15, 0.2) is 36.5 Å². The predicted molar refractivity (Wildman–Crippen MR) is 107 cm³/mol. The van der Waals surface area contributed by atoms with Crippen LogP contribution in [0.1, 0.15) is 10.5 Å². The fraction of sp³-hybridized carbons (Fsp3) is 0.421. The van der Waals surface area contributed by atoms with Crippen molar-refractivity contribution >= 4 is 23.2 Å². The summed E-state index contributed by atoms with van der Waals surface area (Å²) in [7, 11) is 3.77. The first-order valence-electron chi connectivity index (χ1n) is 9.06. The quantitative estimate of drug-likeness (QED) is 0.716. The molecule has 1 saturated heterocycles. The van der Waals surface area contributed by atoms with Crippen LogP contribution in [0.2, 0.25) is 0 Å². The Bertz CT molecular complexity index is 744. The fourth-order valence-corrected chi connectivity index (χ4v) is 2.85. The van der Waals surface area contributed by atoms with E-state index in [-0.39, 0.29) is 5.91 Å². The van der Waals surface area contributed by atoms with Crippen molar-refractivity contribution < 1.29 is 9.53 Å². The van der Waals surface area contributed by atoms with Crippen LogP contribution in [0, 0.1) is 0 Å². The van der Waals surface area contributed by atoms with Gasteiger partial charge in [0, 0.05) is 57.4 Å². The van der Waals surface area contributed by atoms with Crippen LogP contribution < -0.4 is 15.5 Å². The molecule has 27 heavy (non-hydrogen) atoms. The van der Waals surface area contributed by atoms with Crippen molar-refractivity contribution in [2.45, 2.75) is 0 Å². The number of carbonyl (C=O) groups excluding carboxylic acids is 1. The minimum Gasteiger partial charge on any atom is -0.383 e. The number of rotatable bonds is 7. The van der Waals surface area contributed by atoms with Crippen molar-refractivity contribution in [3.05, 3.63) is 42.2 Å². The van der Waals surface area contributed by atoms with E-state index in [0.29, 0.717) is 24.8 Å². The van der Waals surface area contributed by atoms with E-state index in [2.05, 4.69) is 37.4 Å². The molecule has 8 heteroatoms. The first-order chi connectivity index (χ1) is 13.2. The fourth-order valence-electron chi connectivity index (χ4n) is 2.85. The molecule has 1 aliphatic rings. The highest BCUT2D eigenvalue weighted by atomic mass is 16.5. The van der Waals surface area contributed by atoms with Crippen molar-refractivity contribution in [3.63, 3.8) is 0 Å². The molecule has 2 N–H and O–H groups in total. The molecule has 0 atom stereocenters. The summed E-state index contributed by atoms with van der Waals surface area (Å²) >= 11 is 0. The third kappa shape index (κ3) is 5.38. The van der Waals surface area contributed by atoms with Gasteiger partial charge in [-0.1, -0.05) is 0 Å². The van der Waals surface area contributed by atoms with Gasteiger partial charge in [-0.3, -0.25) is 4.79 Å². The minimum absolute atomic E-state index is 0.264. The molecule has 0 radical (unpaired) electrons. The average molecular weight is 370 g/mol. The van der Waals surface area contributed by atoms with E-state index in [0.717, 1.165) is 31.9 Å². The Kier molecular flexibility index (Phi) is 6.56. The van der Waals surface area contributed by atoms with Gasteiger partial charge in [0.1, 0.15) is 5.69 Å². The van der Waals surface area contributed by atoms with Crippen molar-refractivity contribution in [1.29, 1.82) is 0 Å². The van der Waals surface area contributed by atoms with Gasteiger partial charge in [-0.25, -0.2) is 9.97 Å². The minimum atomic E-state index is -0.264. The molecule has 0 unspecified atom stereocenters. The van der Waals surface area contributed by atoms with E-state index in [4.69, 9.17) is 4.74 Å². The summed E-state index contributed by atoms with van der Waals surface area (Å²) in [5.41, 5.74) is 2.23. The van der Waals surface area contributed by atoms with E-state index in [1.54, 1.807) is 19.4 Å². The Balaban J connectivity index is 1.58. The topological polar surface area (TPSA) is 82.6 Å². The lowest BCUT2D eigenvalue weighted by Crippen LogP contribution is -2.44. The highest BCUT2D eigenvalue weighted by molar-refractivity contribution is 6.03. The molecule has 1 aliphatic heterocycles. The normalized spacial score (nSPS) is 14.8. The number of benzene rings is 1. The number of hydrogen-bond acceptors (Lipinski definition) is 7. The number of nitrogens with zero attached hydrogens (tertiary/aromatic N) is 4. The summed E-state index contributed by atoms with van der Waals surface area (Å²) in [4.78, 5) is 25.5. The third-order valence-electron chi connectivity index (χ3n) is 4.47. The highest BCUT2D eigenvalue weighted by Crippen LogP contribution is 2.19. The summed E-state index contributed by atoms with van der Waals surface area (Å²) in [6.45, 7) is 5.28. The van der Waals surface area contributed by atoms with E-state index in [1.807, 2.05) is 24.3 Å². The second-order valence-electron chi connectivity index (χ2n) is 6.48. The first kappa shape index (κ1) is 19.1. The van der Waals surface area contributed by atoms with Gasteiger partial charge in [-0.15, -0.1) is 0 Å². The van der Waals surface area contributed by atoms with Crippen LogP contribution in [0.25, 0.3) is 0 Å². The maximum Gasteiger partial charge on any atom is 0.274 e. The Labute approximate surface area is 159 Å². The molecule has 3 rings (SSSR count). The lowest BCUT2D eigenvalue weighted by molar-refractivity contribution is 0.102. The molecule has 1 aromatic carbocycles. The summed E-state index contributed by atoms with van der Waals surface area (Å²) in [6, 6.07) is 9.52. The van der Waals surface area contributed by atoms with Gasteiger partial charge in [0.25, 0.3) is 5.91 Å². The van der Waals surface area contributed by atoms with E-state index >= 15 is 0 Å². The molecule has 1 fully saturated rings. The summed E-state index contributed by atoms with van der Waals surface area (Å²) in [5, 5.41) is 5.90. The maximum absolute atomic E-state index is 12.4. The number of piperazine rings is 1. The van der Waals surface area contributed by atoms with Gasteiger partial charge < -0.3 is 25.2 Å². The smallest absolute Gasteiger partial charge is 0.274 e. The van der Waals surface area contributed by atoms with Gasteiger partial charge in [0.2, 0.25) is 5.95 Å². The zero-order chi connectivity index (χ0) is 19.1. The molecular weight excluding hydrogens is 344 g/mol.